The Labute approximate surface area is 134 Å². The average molecular weight is 317 g/mol. The van der Waals surface area contributed by atoms with Gasteiger partial charge in [-0.25, -0.2) is 5.01 Å². The first kappa shape index (κ1) is 15.6. The van der Waals surface area contributed by atoms with Gasteiger partial charge in [0.15, 0.2) is 0 Å². The highest BCUT2D eigenvalue weighted by molar-refractivity contribution is 6.21. The summed E-state index contributed by atoms with van der Waals surface area (Å²) < 4.78 is 0. The van der Waals surface area contributed by atoms with Crippen molar-refractivity contribution in [1.82, 2.24) is 15.3 Å². The van der Waals surface area contributed by atoms with E-state index in [-0.39, 0.29) is 30.7 Å². The van der Waals surface area contributed by atoms with Crippen molar-refractivity contribution in [2.24, 2.45) is 0 Å². The Morgan fingerprint density at radius 3 is 2.26 bits per heavy atom. The van der Waals surface area contributed by atoms with Crippen molar-refractivity contribution in [2.75, 3.05) is 39.8 Å². The van der Waals surface area contributed by atoms with Crippen molar-refractivity contribution in [1.29, 1.82) is 0 Å². The number of imide groups is 1. The molecule has 2 N–H and O–H groups in total. The summed E-state index contributed by atoms with van der Waals surface area (Å²) in [5, 5.41) is 1.90. The number of quaternary nitrogens is 1. The molecule has 0 saturated carbocycles. The second-order valence-corrected chi connectivity index (χ2v) is 6.04. The molecular weight excluding hydrogens is 296 g/mol. The summed E-state index contributed by atoms with van der Waals surface area (Å²) in [7, 11) is 2.13. The zero-order chi connectivity index (χ0) is 16.4. The van der Waals surface area contributed by atoms with Gasteiger partial charge >= 0.3 is 0 Å². The van der Waals surface area contributed by atoms with Crippen molar-refractivity contribution in [3.8, 4) is 0 Å². The Morgan fingerprint density at radius 1 is 1.13 bits per heavy atom. The molecule has 0 radical (unpaired) electrons. The molecule has 3 amide bonds. The normalized spacial score (nSPS) is 19.1. The van der Waals surface area contributed by atoms with Crippen LogP contribution in [0.1, 0.15) is 27.1 Å². The van der Waals surface area contributed by atoms with Gasteiger partial charge in [-0.1, -0.05) is 12.1 Å². The number of hydrogen-bond acceptors (Lipinski definition) is 4. The van der Waals surface area contributed by atoms with E-state index in [2.05, 4.69) is 12.5 Å². The molecule has 122 valence electrons. The highest BCUT2D eigenvalue weighted by Gasteiger charge is 2.35. The van der Waals surface area contributed by atoms with Crippen LogP contribution < -0.4 is 10.3 Å². The zero-order valence-corrected chi connectivity index (χ0v) is 13.2. The lowest BCUT2D eigenvalue weighted by atomic mass is 10.1. The van der Waals surface area contributed by atoms with Gasteiger partial charge in [0.05, 0.1) is 44.4 Å². The Bertz CT molecular complexity index is 603. The number of hydrazine groups is 1. The molecule has 3 rings (SSSR count). The van der Waals surface area contributed by atoms with Crippen LogP contribution in [0.3, 0.4) is 0 Å². The summed E-state index contributed by atoms with van der Waals surface area (Å²) in [4.78, 5) is 39.0. The second kappa shape index (κ2) is 6.47. The van der Waals surface area contributed by atoms with E-state index in [0.717, 1.165) is 31.1 Å². The third kappa shape index (κ3) is 3.25. The predicted molar refractivity (Wildman–Crippen MR) is 82.8 cm³/mol. The molecule has 2 aliphatic heterocycles. The monoisotopic (exact) mass is 317 g/mol. The van der Waals surface area contributed by atoms with Crippen LogP contribution in [0.15, 0.2) is 24.3 Å². The third-order valence-electron chi connectivity index (χ3n) is 4.34. The first-order valence-corrected chi connectivity index (χ1v) is 7.87. The number of hydrogen-bond donors (Lipinski definition) is 2. The summed E-state index contributed by atoms with van der Waals surface area (Å²) in [5.74, 6) is -0.802. The number of carbonyl (C=O) groups excluding carboxylic acids is 3. The lowest BCUT2D eigenvalue weighted by Gasteiger charge is -2.30. The SMILES string of the molecule is C[NH+]1CCN(NC(=O)CCN2C(=O)c3ccccc3C2=O)CC1. The van der Waals surface area contributed by atoms with Crippen molar-refractivity contribution in [2.45, 2.75) is 6.42 Å². The van der Waals surface area contributed by atoms with E-state index in [0.29, 0.717) is 11.1 Å². The lowest BCUT2D eigenvalue weighted by Crippen LogP contribution is -3.12. The molecule has 0 atom stereocenters. The van der Waals surface area contributed by atoms with Crippen molar-refractivity contribution in [3.63, 3.8) is 0 Å². The molecule has 7 heteroatoms. The van der Waals surface area contributed by atoms with E-state index in [1.807, 2.05) is 5.01 Å². The third-order valence-corrected chi connectivity index (χ3v) is 4.34. The van der Waals surface area contributed by atoms with Crippen LogP contribution in [0.4, 0.5) is 0 Å². The fraction of sp³-hybridized carbons (Fsp3) is 0.438. The van der Waals surface area contributed by atoms with Gasteiger partial charge in [0.2, 0.25) is 5.91 Å². The number of rotatable bonds is 4. The van der Waals surface area contributed by atoms with Gasteiger partial charge in [-0.05, 0) is 12.1 Å². The minimum atomic E-state index is -0.318. The predicted octanol–water partition coefficient (Wildman–Crippen LogP) is -1.47. The smallest absolute Gasteiger partial charge is 0.261 e. The van der Waals surface area contributed by atoms with E-state index in [9.17, 15) is 14.4 Å². The molecule has 2 aliphatic rings. The molecule has 0 bridgehead atoms. The number of nitrogens with one attached hydrogen (secondary N) is 2. The van der Waals surface area contributed by atoms with Gasteiger partial charge in [-0.15, -0.1) is 0 Å². The summed E-state index contributed by atoms with van der Waals surface area (Å²) in [6.45, 7) is 3.70. The van der Waals surface area contributed by atoms with E-state index in [4.69, 9.17) is 0 Å². The van der Waals surface area contributed by atoms with Crippen LogP contribution in [-0.4, -0.2) is 67.4 Å². The molecule has 0 aliphatic carbocycles. The molecule has 0 unspecified atom stereocenters. The molecule has 1 saturated heterocycles. The quantitative estimate of drug-likeness (QED) is 0.665. The minimum Gasteiger partial charge on any atom is -0.335 e. The molecule has 1 aromatic carbocycles. The number of amides is 3. The van der Waals surface area contributed by atoms with Crippen LogP contribution in [0, 0.1) is 0 Å². The summed E-state index contributed by atoms with van der Waals surface area (Å²) in [5.41, 5.74) is 3.68. The molecule has 0 spiro atoms. The number of likely N-dealkylation sites (N-methyl/N-ethyl adjacent to an activating group) is 1. The molecule has 1 fully saturated rings. The lowest BCUT2D eigenvalue weighted by molar-refractivity contribution is -0.884. The maximum atomic E-state index is 12.2. The van der Waals surface area contributed by atoms with Crippen LogP contribution in [0.2, 0.25) is 0 Å². The molecule has 0 aromatic heterocycles. The average Bonchev–Trinajstić information content (AvgIpc) is 2.80. The molecule has 7 nitrogen and oxygen atoms in total. The summed E-state index contributed by atoms with van der Waals surface area (Å²) in [6.07, 6.45) is 0.116. The molecule has 1 aromatic rings. The summed E-state index contributed by atoms with van der Waals surface area (Å²) >= 11 is 0. The molecule has 2 heterocycles. The fourth-order valence-electron chi connectivity index (χ4n) is 2.89. The van der Waals surface area contributed by atoms with Gasteiger partial charge in [-0.3, -0.25) is 24.7 Å². The Kier molecular flexibility index (Phi) is 4.40. The van der Waals surface area contributed by atoms with E-state index in [1.165, 1.54) is 4.90 Å². The highest BCUT2D eigenvalue weighted by Crippen LogP contribution is 2.22. The second-order valence-electron chi connectivity index (χ2n) is 6.04. The van der Waals surface area contributed by atoms with Gasteiger partial charge in [0.1, 0.15) is 0 Å². The topological polar surface area (TPSA) is 74.2 Å². The first-order valence-electron chi connectivity index (χ1n) is 7.87. The summed E-state index contributed by atoms with van der Waals surface area (Å²) in [6, 6.07) is 6.75. The number of benzene rings is 1. The van der Waals surface area contributed by atoms with E-state index in [1.54, 1.807) is 24.3 Å². The van der Waals surface area contributed by atoms with Crippen molar-refractivity contribution in [3.05, 3.63) is 35.4 Å². The fourth-order valence-corrected chi connectivity index (χ4v) is 2.89. The van der Waals surface area contributed by atoms with Gasteiger partial charge in [0.25, 0.3) is 11.8 Å². The zero-order valence-electron chi connectivity index (χ0n) is 13.2. The number of fused-ring (bicyclic) bond motifs is 1. The number of nitrogens with zero attached hydrogens (tertiary/aromatic N) is 2. The highest BCUT2D eigenvalue weighted by atomic mass is 16.2. The van der Waals surface area contributed by atoms with Crippen molar-refractivity contribution < 1.29 is 19.3 Å². The minimum absolute atomic E-state index is 0.108. The molecule has 23 heavy (non-hydrogen) atoms. The van der Waals surface area contributed by atoms with Crippen molar-refractivity contribution >= 4 is 17.7 Å². The Balaban J connectivity index is 1.52. The van der Waals surface area contributed by atoms with Gasteiger partial charge in [0, 0.05) is 13.0 Å². The first-order chi connectivity index (χ1) is 11.1. The van der Waals surface area contributed by atoms with E-state index >= 15 is 0 Å². The van der Waals surface area contributed by atoms with Crippen LogP contribution >= 0.6 is 0 Å². The van der Waals surface area contributed by atoms with Gasteiger partial charge in [-0.2, -0.15) is 0 Å². The van der Waals surface area contributed by atoms with E-state index < -0.39 is 0 Å². The van der Waals surface area contributed by atoms with Crippen LogP contribution in [-0.2, 0) is 4.79 Å². The Hall–Kier alpha value is -2.25. The largest absolute Gasteiger partial charge is 0.335 e. The number of carbonyl (C=O) groups is 3. The van der Waals surface area contributed by atoms with Gasteiger partial charge < -0.3 is 4.90 Å². The number of piperazine rings is 1. The standard InChI is InChI=1S/C16H20N4O3/c1-18-8-10-19(11-9-18)17-14(21)6-7-20-15(22)12-4-2-3-5-13(12)16(20)23/h2-5H,6-11H2,1H3,(H,17,21)/p+1. The Morgan fingerprint density at radius 2 is 1.70 bits per heavy atom. The maximum absolute atomic E-state index is 12.2. The van der Waals surface area contributed by atoms with Crippen LogP contribution in [0.5, 0.6) is 0 Å². The van der Waals surface area contributed by atoms with Crippen LogP contribution in [0.25, 0.3) is 0 Å². The molecular formula is C16H21N4O3+. The maximum Gasteiger partial charge on any atom is 0.261 e.